The molecule has 0 aliphatic carbocycles. The fourth-order valence-corrected chi connectivity index (χ4v) is 2.58. The van der Waals surface area contributed by atoms with Crippen LogP contribution < -0.4 is 4.74 Å². The van der Waals surface area contributed by atoms with E-state index in [0.717, 1.165) is 12.8 Å². The van der Waals surface area contributed by atoms with Gasteiger partial charge in [0.15, 0.2) is 0 Å². The van der Waals surface area contributed by atoms with Crippen molar-refractivity contribution in [2.45, 2.75) is 25.3 Å². The number of hydrogen-bond acceptors (Lipinski definition) is 4. The van der Waals surface area contributed by atoms with Gasteiger partial charge in [0.05, 0.1) is 14.2 Å². The molecule has 21 heavy (non-hydrogen) atoms. The molecular weight excluding hydrogens is 277 g/mol. The number of esters is 1. The van der Waals surface area contributed by atoms with Crippen molar-refractivity contribution in [1.82, 2.24) is 4.90 Å². The number of piperidine rings is 1. The number of benzene rings is 1. The zero-order chi connectivity index (χ0) is 15.4. The molecule has 114 valence electrons. The van der Waals surface area contributed by atoms with E-state index >= 15 is 0 Å². The van der Waals surface area contributed by atoms with Gasteiger partial charge in [-0.3, -0.25) is 4.79 Å². The molecule has 0 spiro atoms. The van der Waals surface area contributed by atoms with Gasteiger partial charge in [-0.1, -0.05) is 6.07 Å². The first kappa shape index (κ1) is 15.3. The zero-order valence-electron chi connectivity index (χ0n) is 12.1. The Kier molecular flexibility index (Phi) is 4.77. The molecule has 5 nitrogen and oxygen atoms in total. The number of methoxy groups -OCH3 is 2. The van der Waals surface area contributed by atoms with E-state index in [9.17, 15) is 14.0 Å². The summed E-state index contributed by atoms with van der Waals surface area (Å²) in [5.74, 6) is -1.51. The number of hydrogen-bond donors (Lipinski definition) is 0. The maximum Gasteiger partial charge on any atom is 0.328 e. The highest BCUT2D eigenvalue weighted by Crippen LogP contribution is 2.27. The largest absolute Gasteiger partial charge is 0.496 e. The van der Waals surface area contributed by atoms with Crippen LogP contribution in [0.5, 0.6) is 5.75 Å². The van der Waals surface area contributed by atoms with Gasteiger partial charge in [0, 0.05) is 6.54 Å². The average molecular weight is 295 g/mol. The molecule has 1 heterocycles. The summed E-state index contributed by atoms with van der Waals surface area (Å²) >= 11 is 0. The molecule has 1 saturated heterocycles. The lowest BCUT2D eigenvalue weighted by Crippen LogP contribution is -2.48. The number of ether oxygens (including phenoxy) is 2. The summed E-state index contributed by atoms with van der Waals surface area (Å²) in [6, 6.07) is 3.53. The van der Waals surface area contributed by atoms with Crippen LogP contribution in [0.2, 0.25) is 0 Å². The van der Waals surface area contributed by atoms with Crippen LogP contribution in [0.25, 0.3) is 0 Å². The van der Waals surface area contributed by atoms with Crippen LogP contribution >= 0.6 is 0 Å². The quantitative estimate of drug-likeness (QED) is 0.800. The van der Waals surface area contributed by atoms with Gasteiger partial charge in [0.2, 0.25) is 0 Å². The minimum absolute atomic E-state index is 0.143. The second kappa shape index (κ2) is 6.56. The van der Waals surface area contributed by atoms with Crippen LogP contribution in [-0.2, 0) is 9.53 Å². The Labute approximate surface area is 122 Å². The third-order valence-corrected chi connectivity index (χ3v) is 3.65. The highest BCUT2D eigenvalue weighted by Gasteiger charge is 2.35. The lowest BCUT2D eigenvalue weighted by Gasteiger charge is -2.34. The maximum atomic E-state index is 14.0. The van der Waals surface area contributed by atoms with Crippen molar-refractivity contribution in [1.29, 1.82) is 0 Å². The Morgan fingerprint density at radius 1 is 1.29 bits per heavy atom. The average Bonchev–Trinajstić information content (AvgIpc) is 2.53. The smallest absolute Gasteiger partial charge is 0.328 e. The summed E-state index contributed by atoms with van der Waals surface area (Å²) in [6.45, 7) is 0.399. The highest BCUT2D eigenvalue weighted by molar-refractivity contribution is 5.99. The van der Waals surface area contributed by atoms with Crippen molar-refractivity contribution in [2.24, 2.45) is 0 Å². The summed E-state index contributed by atoms with van der Waals surface area (Å²) in [4.78, 5) is 25.8. The number of amides is 1. The van der Waals surface area contributed by atoms with Crippen LogP contribution in [0.15, 0.2) is 18.2 Å². The van der Waals surface area contributed by atoms with E-state index in [4.69, 9.17) is 9.47 Å². The minimum Gasteiger partial charge on any atom is -0.496 e. The summed E-state index contributed by atoms with van der Waals surface area (Å²) in [7, 11) is 2.66. The van der Waals surface area contributed by atoms with Crippen molar-refractivity contribution in [3.63, 3.8) is 0 Å². The molecule has 1 aromatic rings. The summed E-state index contributed by atoms with van der Waals surface area (Å²) < 4.78 is 23.8. The van der Waals surface area contributed by atoms with Crippen LogP contribution in [-0.4, -0.2) is 43.6 Å². The normalized spacial score (nSPS) is 18.2. The van der Waals surface area contributed by atoms with E-state index in [1.54, 1.807) is 0 Å². The Hall–Kier alpha value is -2.11. The molecule has 1 fully saturated rings. The van der Waals surface area contributed by atoms with E-state index in [2.05, 4.69) is 0 Å². The Balaban J connectivity index is 2.35. The third kappa shape index (κ3) is 2.99. The van der Waals surface area contributed by atoms with Crippen molar-refractivity contribution in [3.8, 4) is 5.75 Å². The summed E-state index contributed by atoms with van der Waals surface area (Å²) in [5, 5.41) is 0. The topological polar surface area (TPSA) is 55.8 Å². The number of likely N-dealkylation sites (tertiary alicyclic amines) is 1. The fraction of sp³-hybridized carbons (Fsp3) is 0.467. The number of rotatable bonds is 3. The lowest BCUT2D eigenvalue weighted by atomic mass is 10.0. The monoisotopic (exact) mass is 295 g/mol. The van der Waals surface area contributed by atoms with Gasteiger partial charge in [-0.2, -0.15) is 0 Å². The number of carbonyl (C=O) groups excluding carboxylic acids is 2. The molecule has 0 saturated carbocycles. The molecule has 1 amide bonds. The second-order valence-corrected chi connectivity index (χ2v) is 4.85. The fourth-order valence-electron chi connectivity index (χ4n) is 2.58. The molecule has 1 aliphatic rings. The number of nitrogens with zero attached hydrogens (tertiary/aromatic N) is 1. The van der Waals surface area contributed by atoms with Crippen molar-refractivity contribution >= 4 is 11.9 Å². The van der Waals surface area contributed by atoms with Crippen molar-refractivity contribution < 1.29 is 23.5 Å². The van der Waals surface area contributed by atoms with Crippen LogP contribution in [0.4, 0.5) is 4.39 Å². The van der Waals surface area contributed by atoms with Gasteiger partial charge in [-0.25, -0.2) is 9.18 Å². The summed E-state index contributed by atoms with van der Waals surface area (Å²) in [6.07, 6.45) is 2.13. The standard InChI is InChI=1S/C15H18FNO4/c1-20-12-8-5-6-10(16)13(12)14(18)17-9-4-3-7-11(17)15(19)21-2/h5-6,8,11H,3-4,7,9H2,1-2H3/t11-/m1/s1. The first-order chi connectivity index (χ1) is 10.1. The van der Waals surface area contributed by atoms with Crippen molar-refractivity contribution in [2.75, 3.05) is 20.8 Å². The first-order valence-electron chi connectivity index (χ1n) is 6.81. The summed E-state index contributed by atoms with van der Waals surface area (Å²) in [5.41, 5.74) is -0.143. The SMILES string of the molecule is COC(=O)[C@H]1CCCCN1C(=O)c1c(F)cccc1OC. The second-order valence-electron chi connectivity index (χ2n) is 4.85. The Bertz CT molecular complexity index is 546. The Morgan fingerprint density at radius 2 is 2.05 bits per heavy atom. The molecule has 0 unspecified atom stereocenters. The predicted molar refractivity (Wildman–Crippen MR) is 73.6 cm³/mol. The molecular formula is C15H18FNO4. The van der Waals surface area contributed by atoms with Gasteiger partial charge >= 0.3 is 5.97 Å². The van der Waals surface area contributed by atoms with Crippen LogP contribution in [0, 0.1) is 5.82 Å². The molecule has 1 aliphatic heterocycles. The van der Waals surface area contributed by atoms with E-state index in [1.165, 1.54) is 37.3 Å². The molecule has 2 rings (SSSR count). The molecule has 1 aromatic carbocycles. The maximum absolute atomic E-state index is 14.0. The van der Waals surface area contributed by atoms with Gasteiger partial charge in [0.1, 0.15) is 23.2 Å². The lowest BCUT2D eigenvalue weighted by molar-refractivity contribution is -0.147. The van der Waals surface area contributed by atoms with Gasteiger partial charge < -0.3 is 14.4 Å². The van der Waals surface area contributed by atoms with Gasteiger partial charge in [-0.15, -0.1) is 0 Å². The third-order valence-electron chi connectivity index (χ3n) is 3.65. The van der Waals surface area contributed by atoms with Crippen molar-refractivity contribution in [3.05, 3.63) is 29.6 Å². The molecule has 0 bridgehead atoms. The van der Waals surface area contributed by atoms with E-state index < -0.39 is 23.7 Å². The minimum atomic E-state index is -0.666. The van der Waals surface area contributed by atoms with E-state index in [-0.39, 0.29) is 11.3 Å². The predicted octanol–water partition coefficient (Wildman–Crippen LogP) is 2.00. The molecule has 0 N–H and O–H groups in total. The molecule has 6 heteroatoms. The number of halogens is 1. The zero-order valence-corrected chi connectivity index (χ0v) is 12.1. The van der Waals surface area contributed by atoms with Gasteiger partial charge in [-0.05, 0) is 31.4 Å². The number of carbonyl (C=O) groups is 2. The highest BCUT2D eigenvalue weighted by atomic mass is 19.1. The molecule has 1 atom stereocenters. The van der Waals surface area contributed by atoms with Crippen LogP contribution in [0.3, 0.4) is 0 Å². The van der Waals surface area contributed by atoms with Gasteiger partial charge in [0.25, 0.3) is 5.91 Å². The van der Waals surface area contributed by atoms with E-state index in [1.807, 2.05) is 0 Å². The Morgan fingerprint density at radius 3 is 2.71 bits per heavy atom. The first-order valence-corrected chi connectivity index (χ1v) is 6.81. The van der Waals surface area contributed by atoms with Crippen LogP contribution in [0.1, 0.15) is 29.6 Å². The van der Waals surface area contributed by atoms with E-state index in [0.29, 0.717) is 13.0 Å². The molecule has 0 radical (unpaired) electrons. The molecule has 0 aromatic heterocycles.